The second-order valence-electron chi connectivity index (χ2n) is 15.1. The summed E-state index contributed by atoms with van der Waals surface area (Å²) in [6.07, 6.45) is 4.90. The number of benzene rings is 2. The third kappa shape index (κ3) is 4.77. The zero-order valence-corrected chi connectivity index (χ0v) is 27.7. The third-order valence-corrected chi connectivity index (χ3v) is 12.7. The second-order valence-corrected chi connectivity index (χ2v) is 15.1. The first-order chi connectivity index (χ1) is 23.0. The fourth-order valence-corrected chi connectivity index (χ4v) is 10.5. The Kier molecular flexibility index (Phi) is 7.23. The highest BCUT2D eigenvalue weighted by Crippen LogP contribution is 2.73. The van der Waals surface area contributed by atoms with Crippen molar-refractivity contribution in [3.63, 3.8) is 0 Å². The molecular formula is C38H42O10. The van der Waals surface area contributed by atoms with Gasteiger partial charge in [0.05, 0.1) is 11.1 Å². The van der Waals surface area contributed by atoms with Gasteiger partial charge in [-0.25, -0.2) is 9.59 Å². The molecular weight excluding hydrogens is 616 g/mol. The summed E-state index contributed by atoms with van der Waals surface area (Å²) in [5.74, 6) is 1.53. The maximum Gasteiger partial charge on any atom is 0.338 e. The largest absolute Gasteiger partial charge is 0.465 e. The van der Waals surface area contributed by atoms with Gasteiger partial charge in [0.1, 0.15) is 18.8 Å². The maximum absolute atomic E-state index is 13.9. The van der Waals surface area contributed by atoms with Crippen molar-refractivity contribution >= 4 is 17.9 Å². The summed E-state index contributed by atoms with van der Waals surface area (Å²) in [6, 6.07) is 10.2. The lowest BCUT2D eigenvalue weighted by atomic mass is 9.40. The van der Waals surface area contributed by atoms with E-state index >= 15 is 0 Å². The van der Waals surface area contributed by atoms with E-state index in [1.165, 1.54) is 12.5 Å². The molecule has 2 heterocycles. The average molecular weight is 659 g/mol. The monoisotopic (exact) mass is 658 g/mol. The van der Waals surface area contributed by atoms with Gasteiger partial charge in [0.25, 0.3) is 0 Å². The van der Waals surface area contributed by atoms with Gasteiger partial charge in [-0.2, -0.15) is 0 Å². The molecule has 4 aliphatic carbocycles. The van der Waals surface area contributed by atoms with Gasteiger partial charge in [-0.05, 0) is 105 Å². The standard InChI is InChI=1S/C38H42O10/c1-21-16-38-17-25(21)7-10-30(38)36(3)12-11-32(47-34(40)23-5-8-26-28(13-23)45-19-43-26)37(4,18-42-22(2)39)31(36)15-33(38)48-35(41)24-6-9-27-29(14-24)46-20-44-27/h5-6,8-9,13-14,25,30-33H,1,7,10-12,15-20H2,2-4H3/t25-,30+,31+,32-,33+,36+,37-,38+/m1/s1. The molecule has 1 spiro atoms. The summed E-state index contributed by atoms with van der Waals surface area (Å²) in [5.41, 5.74) is 0.860. The van der Waals surface area contributed by atoms with E-state index in [9.17, 15) is 14.4 Å². The van der Waals surface area contributed by atoms with Gasteiger partial charge in [-0.15, -0.1) is 0 Å². The normalized spacial score (nSPS) is 35.3. The van der Waals surface area contributed by atoms with Crippen molar-refractivity contribution < 1.29 is 47.5 Å². The first-order valence-electron chi connectivity index (χ1n) is 17.0. The van der Waals surface area contributed by atoms with Gasteiger partial charge >= 0.3 is 17.9 Å². The Hall–Kier alpha value is -4.21. The molecule has 10 nitrogen and oxygen atoms in total. The molecule has 4 saturated carbocycles. The van der Waals surface area contributed by atoms with Crippen LogP contribution in [0, 0.1) is 34.0 Å². The van der Waals surface area contributed by atoms with E-state index in [0.717, 1.165) is 32.1 Å². The van der Waals surface area contributed by atoms with Crippen LogP contribution in [0.3, 0.4) is 0 Å². The number of hydrogen-bond acceptors (Lipinski definition) is 10. The van der Waals surface area contributed by atoms with Gasteiger partial charge < -0.3 is 33.2 Å². The number of carbonyl (C=O) groups excluding carboxylic acids is 3. The van der Waals surface area contributed by atoms with Gasteiger partial charge in [0, 0.05) is 17.8 Å². The molecule has 0 radical (unpaired) electrons. The SMILES string of the molecule is C=C1C[C@]23C[C@H]1CC[C@H]2[C@]1(C)CC[C@@H](OC(=O)c2ccc4c(c2)OCO4)[C@](C)(COC(C)=O)[C@H]1C[C@@H]3OC(=O)c1ccc2c(c1)OCO2. The lowest BCUT2D eigenvalue weighted by molar-refractivity contribution is -0.232. The molecule has 0 aromatic heterocycles. The Labute approximate surface area is 280 Å². The lowest BCUT2D eigenvalue weighted by Gasteiger charge is -2.66. The zero-order valence-electron chi connectivity index (χ0n) is 27.7. The van der Waals surface area contributed by atoms with E-state index in [0.29, 0.717) is 52.9 Å². The molecule has 8 rings (SSSR count). The van der Waals surface area contributed by atoms with Crippen LogP contribution in [-0.2, 0) is 19.0 Å². The molecule has 4 fully saturated rings. The maximum atomic E-state index is 13.9. The molecule has 2 aromatic carbocycles. The smallest absolute Gasteiger partial charge is 0.338 e. The number of carbonyl (C=O) groups is 3. The minimum Gasteiger partial charge on any atom is -0.465 e. The summed E-state index contributed by atoms with van der Waals surface area (Å²) in [4.78, 5) is 39.9. The lowest BCUT2D eigenvalue weighted by Crippen LogP contribution is -2.66. The van der Waals surface area contributed by atoms with Gasteiger partial charge in [0.15, 0.2) is 23.0 Å². The molecule has 0 N–H and O–H groups in total. The van der Waals surface area contributed by atoms with Crippen LogP contribution in [0.15, 0.2) is 48.6 Å². The number of ether oxygens (including phenoxy) is 7. The van der Waals surface area contributed by atoms with Crippen LogP contribution in [0.5, 0.6) is 23.0 Å². The van der Waals surface area contributed by atoms with Crippen LogP contribution in [-0.4, -0.2) is 50.3 Å². The van der Waals surface area contributed by atoms with Crippen LogP contribution < -0.4 is 18.9 Å². The number of hydrogen-bond donors (Lipinski definition) is 0. The van der Waals surface area contributed by atoms with E-state index in [1.54, 1.807) is 36.4 Å². The Morgan fingerprint density at radius 3 is 2.04 bits per heavy atom. The summed E-state index contributed by atoms with van der Waals surface area (Å²) in [7, 11) is 0. The third-order valence-electron chi connectivity index (χ3n) is 12.7. The van der Waals surface area contributed by atoms with E-state index in [2.05, 4.69) is 20.4 Å². The molecule has 8 atom stereocenters. The Balaban J connectivity index is 1.14. The minimum absolute atomic E-state index is 0.0803. The molecule has 2 aromatic rings. The minimum atomic E-state index is -0.748. The number of fused-ring (bicyclic) bond motifs is 5. The quantitative estimate of drug-likeness (QED) is 0.190. The van der Waals surface area contributed by atoms with Crippen LogP contribution in [0.1, 0.15) is 86.4 Å². The van der Waals surface area contributed by atoms with Gasteiger partial charge in [-0.3, -0.25) is 4.79 Å². The molecule has 0 amide bonds. The molecule has 0 saturated heterocycles. The molecule has 2 aliphatic heterocycles. The molecule has 0 unspecified atom stereocenters. The summed E-state index contributed by atoms with van der Waals surface area (Å²) in [5, 5.41) is 0. The number of rotatable bonds is 6. The van der Waals surface area contributed by atoms with Crippen LogP contribution >= 0.6 is 0 Å². The zero-order chi connectivity index (χ0) is 33.4. The predicted octanol–water partition coefficient (Wildman–Crippen LogP) is 6.65. The molecule has 2 bridgehead atoms. The fourth-order valence-electron chi connectivity index (χ4n) is 10.5. The van der Waals surface area contributed by atoms with Crippen molar-refractivity contribution in [3.8, 4) is 23.0 Å². The Bertz CT molecular complexity index is 1700. The van der Waals surface area contributed by atoms with Gasteiger partial charge in [-0.1, -0.05) is 26.0 Å². The highest BCUT2D eigenvalue weighted by molar-refractivity contribution is 5.91. The van der Waals surface area contributed by atoms with Crippen molar-refractivity contribution in [2.24, 2.45) is 34.0 Å². The van der Waals surface area contributed by atoms with Crippen molar-refractivity contribution in [3.05, 3.63) is 59.7 Å². The van der Waals surface area contributed by atoms with E-state index < -0.39 is 35.5 Å². The van der Waals surface area contributed by atoms with Gasteiger partial charge in [0.2, 0.25) is 13.6 Å². The van der Waals surface area contributed by atoms with Crippen molar-refractivity contribution in [2.45, 2.75) is 77.9 Å². The number of esters is 3. The highest BCUT2D eigenvalue weighted by atomic mass is 16.7. The summed E-state index contributed by atoms with van der Waals surface area (Å²) < 4.78 is 40.6. The van der Waals surface area contributed by atoms with E-state index in [4.69, 9.17) is 33.2 Å². The van der Waals surface area contributed by atoms with Crippen LogP contribution in [0.2, 0.25) is 0 Å². The fraction of sp³-hybridized carbons (Fsp3) is 0.553. The second kappa shape index (κ2) is 11.2. The van der Waals surface area contributed by atoms with Crippen LogP contribution in [0.4, 0.5) is 0 Å². The van der Waals surface area contributed by atoms with Crippen LogP contribution in [0.25, 0.3) is 0 Å². The molecule has 48 heavy (non-hydrogen) atoms. The van der Waals surface area contributed by atoms with Crippen molar-refractivity contribution in [1.29, 1.82) is 0 Å². The first kappa shape index (κ1) is 31.1. The average Bonchev–Trinajstić information content (AvgIpc) is 3.80. The summed E-state index contributed by atoms with van der Waals surface area (Å²) >= 11 is 0. The Morgan fingerprint density at radius 2 is 1.42 bits per heavy atom. The number of allylic oxidation sites excluding steroid dienone is 1. The molecule has 10 heteroatoms. The van der Waals surface area contributed by atoms with Crippen molar-refractivity contribution in [1.82, 2.24) is 0 Å². The van der Waals surface area contributed by atoms with E-state index in [1.807, 2.05) is 0 Å². The topological polar surface area (TPSA) is 116 Å². The predicted molar refractivity (Wildman–Crippen MR) is 171 cm³/mol. The van der Waals surface area contributed by atoms with E-state index in [-0.39, 0.29) is 42.9 Å². The Morgan fingerprint density at radius 1 is 0.812 bits per heavy atom. The van der Waals surface area contributed by atoms with Crippen molar-refractivity contribution in [2.75, 3.05) is 20.2 Å². The molecule has 6 aliphatic rings. The highest BCUT2D eigenvalue weighted by Gasteiger charge is 2.70. The first-order valence-corrected chi connectivity index (χ1v) is 17.0. The summed E-state index contributed by atoms with van der Waals surface area (Å²) in [6.45, 7) is 10.6. The molecule has 254 valence electrons.